The normalized spacial score (nSPS) is 12.5. The molecule has 1 unspecified atom stereocenters. The van der Waals surface area contributed by atoms with E-state index in [-0.39, 0.29) is 0 Å². The Kier molecular flexibility index (Phi) is 2.93. The van der Waals surface area contributed by atoms with Crippen LogP contribution in [0.4, 0.5) is 0 Å². The molecule has 1 atom stereocenters. The van der Waals surface area contributed by atoms with Crippen molar-refractivity contribution in [2.45, 2.75) is 6.10 Å². The Bertz CT molecular complexity index is 692. The molecule has 2 N–H and O–H groups in total. The summed E-state index contributed by atoms with van der Waals surface area (Å²) in [6, 6.07) is 9.41. The number of rotatable bonds is 3. The van der Waals surface area contributed by atoms with Crippen LogP contribution in [0.15, 0.2) is 48.9 Å². The lowest BCUT2D eigenvalue weighted by Gasteiger charge is -2.09. The zero-order chi connectivity index (χ0) is 13.2. The molecular formula is C15H14N2O2. The number of benzene rings is 1. The molecule has 0 aliphatic carbocycles. The van der Waals surface area contributed by atoms with Crippen molar-refractivity contribution in [2.75, 3.05) is 7.11 Å². The fourth-order valence-electron chi connectivity index (χ4n) is 2.19. The Hall–Kier alpha value is -2.33. The van der Waals surface area contributed by atoms with Crippen molar-refractivity contribution in [1.29, 1.82) is 0 Å². The molecule has 0 bridgehead atoms. The molecule has 3 rings (SSSR count). The van der Waals surface area contributed by atoms with Gasteiger partial charge >= 0.3 is 0 Å². The minimum absolute atomic E-state index is 0.699. The van der Waals surface area contributed by atoms with E-state index in [2.05, 4.69) is 9.97 Å². The first-order chi connectivity index (χ1) is 9.29. The fourth-order valence-corrected chi connectivity index (χ4v) is 2.19. The Balaban J connectivity index is 2.09. The number of aromatic amines is 1. The number of aliphatic hydroxyl groups excluding tert-OH is 1. The van der Waals surface area contributed by atoms with Crippen molar-refractivity contribution in [3.8, 4) is 5.75 Å². The molecular weight excluding hydrogens is 240 g/mol. The zero-order valence-corrected chi connectivity index (χ0v) is 10.5. The molecule has 3 aromatic rings. The van der Waals surface area contributed by atoms with Gasteiger partial charge in [-0.2, -0.15) is 0 Å². The number of aromatic nitrogens is 2. The largest absolute Gasteiger partial charge is 0.497 e. The number of ether oxygens (including phenoxy) is 1. The summed E-state index contributed by atoms with van der Waals surface area (Å²) in [5.74, 6) is 0.770. The number of nitrogens with zero attached hydrogens (tertiary/aromatic N) is 1. The van der Waals surface area contributed by atoms with Gasteiger partial charge in [-0.15, -0.1) is 0 Å². The number of nitrogens with one attached hydrogen (secondary N) is 1. The van der Waals surface area contributed by atoms with Crippen LogP contribution in [0.2, 0.25) is 0 Å². The molecule has 0 radical (unpaired) electrons. The monoisotopic (exact) mass is 254 g/mol. The van der Waals surface area contributed by atoms with Crippen molar-refractivity contribution >= 4 is 10.9 Å². The van der Waals surface area contributed by atoms with E-state index in [0.29, 0.717) is 0 Å². The van der Waals surface area contributed by atoms with Gasteiger partial charge in [-0.25, -0.2) is 0 Å². The minimum atomic E-state index is -0.699. The highest BCUT2D eigenvalue weighted by Crippen LogP contribution is 2.30. The zero-order valence-electron chi connectivity index (χ0n) is 10.5. The summed E-state index contributed by atoms with van der Waals surface area (Å²) in [5, 5.41) is 11.4. The lowest BCUT2D eigenvalue weighted by Crippen LogP contribution is -1.99. The first-order valence-electron chi connectivity index (χ1n) is 6.02. The van der Waals surface area contributed by atoms with Gasteiger partial charge in [0.15, 0.2) is 0 Å². The first-order valence-corrected chi connectivity index (χ1v) is 6.02. The first kappa shape index (κ1) is 11.7. The van der Waals surface area contributed by atoms with Gasteiger partial charge in [-0.3, -0.25) is 4.98 Å². The van der Waals surface area contributed by atoms with Crippen LogP contribution in [0.3, 0.4) is 0 Å². The number of H-pyrrole nitrogens is 1. The van der Waals surface area contributed by atoms with E-state index in [4.69, 9.17) is 4.74 Å². The number of pyridine rings is 1. The molecule has 0 spiro atoms. The number of aliphatic hydroxyl groups is 1. The van der Waals surface area contributed by atoms with Crippen LogP contribution < -0.4 is 4.74 Å². The standard InChI is InChI=1S/C15H14N2O2/c1-19-11-4-5-14-12(7-11)13(9-17-14)15(18)10-3-2-6-16-8-10/h2-9,15,17-18H,1H3. The number of fused-ring (bicyclic) bond motifs is 1. The maximum Gasteiger partial charge on any atom is 0.119 e. The smallest absolute Gasteiger partial charge is 0.119 e. The SMILES string of the molecule is COc1ccc2[nH]cc(C(O)c3cccnc3)c2c1. The third kappa shape index (κ3) is 2.06. The van der Waals surface area contributed by atoms with Gasteiger partial charge in [0.05, 0.1) is 7.11 Å². The molecule has 0 amide bonds. The van der Waals surface area contributed by atoms with E-state index in [1.807, 2.05) is 36.5 Å². The highest BCUT2D eigenvalue weighted by Gasteiger charge is 2.15. The number of hydrogen-bond acceptors (Lipinski definition) is 3. The second-order valence-corrected chi connectivity index (χ2v) is 4.34. The van der Waals surface area contributed by atoms with E-state index in [1.165, 1.54) is 0 Å². The third-order valence-electron chi connectivity index (χ3n) is 3.22. The van der Waals surface area contributed by atoms with Crippen LogP contribution in [-0.4, -0.2) is 22.2 Å². The highest BCUT2D eigenvalue weighted by atomic mass is 16.5. The maximum atomic E-state index is 10.4. The summed E-state index contributed by atoms with van der Waals surface area (Å²) < 4.78 is 5.22. The van der Waals surface area contributed by atoms with Crippen LogP contribution in [0.25, 0.3) is 10.9 Å². The van der Waals surface area contributed by atoms with Gasteiger partial charge in [0, 0.05) is 40.6 Å². The minimum Gasteiger partial charge on any atom is -0.497 e. The van der Waals surface area contributed by atoms with Crippen LogP contribution >= 0.6 is 0 Å². The summed E-state index contributed by atoms with van der Waals surface area (Å²) in [5.41, 5.74) is 2.56. The van der Waals surface area contributed by atoms with Gasteiger partial charge in [-0.05, 0) is 24.3 Å². The van der Waals surface area contributed by atoms with Crippen molar-refractivity contribution < 1.29 is 9.84 Å². The van der Waals surface area contributed by atoms with E-state index < -0.39 is 6.10 Å². The molecule has 0 saturated heterocycles. The summed E-state index contributed by atoms with van der Waals surface area (Å²) in [7, 11) is 1.63. The van der Waals surface area contributed by atoms with Crippen LogP contribution in [-0.2, 0) is 0 Å². The molecule has 2 aromatic heterocycles. The predicted molar refractivity (Wildman–Crippen MR) is 73.1 cm³/mol. The second-order valence-electron chi connectivity index (χ2n) is 4.34. The van der Waals surface area contributed by atoms with Gasteiger partial charge < -0.3 is 14.8 Å². The molecule has 0 saturated carbocycles. The molecule has 0 aliphatic rings. The van der Waals surface area contributed by atoms with E-state index in [1.54, 1.807) is 19.5 Å². The Labute approximate surface area is 110 Å². The molecule has 0 aliphatic heterocycles. The van der Waals surface area contributed by atoms with E-state index in [9.17, 15) is 5.11 Å². The van der Waals surface area contributed by atoms with Gasteiger partial charge in [0.1, 0.15) is 11.9 Å². The Morgan fingerprint density at radius 2 is 2.21 bits per heavy atom. The maximum absolute atomic E-state index is 10.4. The highest BCUT2D eigenvalue weighted by molar-refractivity contribution is 5.85. The molecule has 19 heavy (non-hydrogen) atoms. The predicted octanol–water partition coefficient (Wildman–Crippen LogP) is 2.65. The lowest BCUT2D eigenvalue weighted by molar-refractivity contribution is 0.221. The number of hydrogen-bond donors (Lipinski definition) is 2. The van der Waals surface area contributed by atoms with Crippen molar-refractivity contribution in [3.63, 3.8) is 0 Å². The van der Waals surface area contributed by atoms with Crippen molar-refractivity contribution in [2.24, 2.45) is 0 Å². The molecule has 0 fully saturated rings. The average molecular weight is 254 g/mol. The van der Waals surface area contributed by atoms with Crippen molar-refractivity contribution in [1.82, 2.24) is 9.97 Å². The van der Waals surface area contributed by atoms with E-state index >= 15 is 0 Å². The van der Waals surface area contributed by atoms with Crippen LogP contribution in [0, 0.1) is 0 Å². The second kappa shape index (κ2) is 4.74. The molecule has 96 valence electrons. The number of methoxy groups -OCH3 is 1. The molecule has 4 heteroatoms. The summed E-state index contributed by atoms with van der Waals surface area (Å²) in [6.07, 6.45) is 4.48. The van der Waals surface area contributed by atoms with Crippen molar-refractivity contribution in [3.05, 3.63) is 60.0 Å². The summed E-state index contributed by atoms with van der Waals surface area (Å²) >= 11 is 0. The lowest BCUT2D eigenvalue weighted by atomic mass is 10.0. The topological polar surface area (TPSA) is 58.1 Å². The van der Waals surface area contributed by atoms with Gasteiger partial charge in [0.25, 0.3) is 0 Å². The third-order valence-corrected chi connectivity index (χ3v) is 3.22. The van der Waals surface area contributed by atoms with Gasteiger partial charge in [0.2, 0.25) is 0 Å². The molecule has 4 nitrogen and oxygen atoms in total. The summed E-state index contributed by atoms with van der Waals surface area (Å²) in [4.78, 5) is 7.19. The Morgan fingerprint density at radius 1 is 1.32 bits per heavy atom. The van der Waals surface area contributed by atoms with Gasteiger partial charge in [-0.1, -0.05) is 6.07 Å². The van der Waals surface area contributed by atoms with Crippen LogP contribution in [0.5, 0.6) is 5.75 Å². The average Bonchev–Trinajstić information content (AvgIpc) is 2.90. The molecule has 2 heterocycles. The molecule has 1 aromatic carbocycles. The fraction of sp³-hybridized carbons (Fsp3) is 0.133. The van der Waals surface area contributed by atoms with Crippen LogP contribution in [0.1, 0.15) is 17.2 Å². The summed E-state index contributed by atoms with van der Waals surface area (Å²) in [6.45, 7) is 0. The Morgan fingerprint density at radius 3 is 2.95 bits per heavy atom. The van der Waals surface area contributed by atoms with E-state index in [0.717, 1.165) is 27.8 Å². The quantitative estimate of drug-likeness (QED) is 0.755.